The summed E-state index contributed by atoms with van der Waals surface area (Å²) in [5.74, 6) is 1.94. The normalized spacial score (nSPS) is 12.0. The van der Waals surface area contributed by atoms with Crippen molar-refractivity contribution >= 4 is 11.4 Å². The first-order chi connectivity index (χ1) is 13.6. The second-order valence-electron chi connectivity index (χ2n) is 9.29. The smallest absolute Gasteiger partial charge is 0.0474 e. The molecule has 2 aromatic rings. The van der Waals surface area contributed by atoms with Crippen molar-refractivity contribution in [2.45, 2.75) is 79.1 Å². The summed E-state index contributed by atoms with van der Waals surface area (Å²) in [5, 5.41) is 3.62. The summed E-state index contributed by atoms with van der Waals surface area (Å²) < 4.78 is 0. The van der Waals surface area contributed by atoms with Crippen LogP contribution in [0.2, 0.25) is 0 Å². The molecular weight excluding hydrogens is 352 g/mol. The van der Waals surface area contributed by atoms with E-state index in [4.69, 9.17) is 0 Å². The number of hydrogen-bond acceptors (Lipinski definition) is 2. The van der Waals surface area contributed by atoms with Gasteiger partial charge in [0, 0.05) is 30.8 Å². The van der Waals surface area contributed by atoms with E-state index in [2.05, 4.69) is 121 Å². The van der Waals surface area contributed by atoms with Gasteiger partial charge in [0.2, 0.25) is 0 Å². The van der Waals surface area contributed by atoms with E-state index in [-0.39, 0.29) is 0 Å². The standard InChI is InChI=1S/C27H40N2/c1-18(2)22-12-10-13-23(19(3)4)26(22)28-16-17-29(9)27-24(20(5)6)14-11-15-25(27)21(7)8/h10-21,28H,1-9H3/b17-16+. The van der Waals surface area contributed by atoms with Gasteiger partial charge in [0.15, 0.2) is 0 Å². The first-order valence-electron chi connectivity index (χ1n) is 11.1. The molecule has 158 valence electrons. The van der Waals surface area contributed by atoms with Crippen molar-refractivity contribution in [3.8, 4) is 0 Å². The molecule has 0 atom stereocenters. The lowest BCUT2D eigenvalue weighted by Crippen LogP contribution is -2.15. The topological polar surface area (TPSA) is 15.3 Å². The molecule has 0 saturated heterocycles. The maximum Gasteiger partial charge on any atom is 0.0474 e. The summed E-state index contributed by atoms with van der Waals surface area (Å²) >= 11 is 0. The van der Waals surface area contributed by atoms with Crippen LogP contribution in [0, 0.1) is 0 Å². The predicted octanol–water partition coefficient (Wildman–Crippen LogP) is 8.20. The second kappa shape index (κ2) is 10.0. The molecule has 0 radical (unpaired) electrons. The largest absolute Gasteiger partial charge is 0.360 e. The highest BCUT2D eigenvalue weighted by atomic mass is 15.1. The van der Waals surface area contributed by atoms with Crippen LogP contribution in [0.3, 0.4) is 0 Å². The minimum absolute atomic E-state index is 0.483. The third-order valence-electron chi connectivity index (χ3n) is 5.59. The quantitative estimate of drug-likeness (QED) is 0.487. The van der Waals surface area contributed by atoms with E-state index in [1.165, 1.54) is 33.6 Å². The minimum atomic E-state index is 0.483. The minimum Gasteiger partial charge on any atom is -0.360 e. The van der Waals surface area contributed by atoms with Crippen LogP contribution in [-0.2, 0) is 0 Å². The van der Waals surface area contributed by atoms with Gasteiger partial charge in [-0.15, -0.1) is 0 Å². The van der Waals surface area contributed by atoms with Crippen LogP contribution in [0.15, 0.2) is 48.8 Å². The van der Waals surface area contributed by atoms with Gasteiger partial charge in [0.05, 0.1) is 0 Å². The zero-order chi connectivity index (χ0) is 21.7. The molecule has 0 aromatic heterocycles. The molecule has 2 nitrogen and oxygen atoms in total. The number of anilines is 2. The Kier molecular flexibility index (Phi) is 7.96. The molecule has 0 heterocycles. The Labute approximate surface area is 179 Å². The number of nitrogens with zero attached hydrogens (tertiary/aromatic N) is 1. The van der Waals surface area contributed by atoms with Crippen molar-refractivity contribution in [2.24, 2.45) is 0 Å². The molecule has 1 N–H and O–H groups in total. The van der Waals surface area contributed by atoms with Gasteiger partial charge in [-0.25, -0.2) is 0 Å². The van der Waals surface area contributed by atoms with Gasteiger partial charge < -0.3 is 10.2 Å². The van der Waals surface area contributed by atoms with Gasteiger partial charge >= 0.3 is 0 Å². The Balaban J connectivity index is 2.38. The number of para-hydroxylation sites is 2. The van der Waals surface area contributed by atoms with Gasteiger partial charge in [-0.3, -0.25) is 0 Å². The van der Waals surface area contributed by atoms with Crippen LogP contribution in [0.1, 0.15) is 101 Å². The van der Waals surface area contributed by atoms with Crippen LogP contribution >= 0.6 is 0 Å². The molecule has 0 amide bonds. The maximum atomic E-state index is 3.62. The molecule has 0 spiro atoms. The number of benzene rings is 2. The summed E-state index contributed by atoms with van der Waals surface area (Å²) in [7, 11) is 2.16. The molecule has 2 heteroatoms. The molecule has 0 aliphatic carbocycles. The average Bonchev–Trinajstić information content (AvgIpc) is 2.66. The van der Waals surface area contributed by atoms with Gasteiger partial charge in [-0.1, -0.05) is 91.8 Å². The first kappa shape index (κ1) is 23.1. The van der Waals surface area contributed by atoms with Crippen LogP contribution in [-0.4, -0.2) is 7.05 Å². The lowest BCUT2D eigenvalue weighted by atomic mass is 9.92. The second-order valence-corrected chi connectivity index (χ2v) is 9.29. The predicted molar refractivity (Wildman–Crippen MR) is 130 cm³/mol. The van der Waals surface area contributed by atoms with Crippen LogP contribution in [0.25, 0.3) is 0 Å². The number of hydrogen-bond donors (Lipinski definition) is 1. The molecule has 0 bridgehead atoms. The van der Waals surface area contributed by atoms with Crippen molar-refractivity contribution in [2.75, 3.05) is 17.3 Å². The average molecular weight is 393 g/mol. The van der Waals surface area contributed by atoms with Gasteiger partial charge in [0.1, 0.15) is 0 Å². The SMILES string of the molecule is CC(C)c1cccc(C(C)C)c1N/C=C/N(C)c1c(C(C)C)cccc1C(C)C. The summed E-state index contributed by atoms with van der Waals surface area (Å²) in [6.45, 7) is 18.1. The first-order valence-corrected chi connectivity index (χ1v) is 11.1. The van der Waals surface area contributed by atoms with Crippen LogP contribution < -0.4 is 10.2 Å². The van der Waals surface area contributed by atoms with E-state index >= 15 is 0 Å². The van der Waals surface area contributed by atoms with Crippen molar-refractivity contribution in [3.63, 3.8) is 0 Å². The van der Waals surface area contributed by atoms with E-state index in [1.54, 1.807) is 0 Å². The van der Waals surface area contributed by atoms with Crippen LogP contribution in [0.5, 0.6) is 0 Å². The zero-order valence-corrected chi connectivity index (χ0v) is 19.9. The van der Waals surface area contributed by atoms with E-state index < -0.39 is 0 Å². The molecule has 0 aliphatic heterocycles. The Bertz CT molecular complexity index is 776. The highest BCUT2D eigenvalue weighted by molar-refractivity contribution is 5.65. The Morgan fingerprint density at radius 1 is 0.655 bits per heavy atom. The fourth-order valence-corrected chi connectivity index (χ4v) is 3.94. The third-order valence-corrected chi connectivity index (χ3v) is 5.59. The molecule has 2 rings (SSSR count). The van der Waals surface area contributed by atoms with Crippen molar-refractivity contribution in [1.29, 1.82) is 0 Å². The molecule has 2 aromatic carbocycles. The van der Waals surface area contributed by atoms with E-state index in [9.17, 15) is 0 Å². The molecule has 0 fully saturated rings. The zero-order valence-electron chi connectivity index (χ0n) is 19.9. The van der Waals surface area contributed by atoms with E-state index in [1.807, 2.05) is 0 Å². The molecule has 0 saturated carbocycles. The number of rotatable bonds is 8. The van der Waals surface area contributed by atoms with Crippen molar-refractivity contribution < 1.29 is 0 Å². The van der Waals surface area contributed by atoms with Crippen molar-refractivity contribution in [1.82, 2.24) is 0 Å². The summed E-state index contributed by atoms with van der Waals surface area (Å²) in [6.07, 6.45) is 4.25. The maximum absolute atomic E-state index is 3.62. The highest BCUT2D eigenvalue weighted by Crippen LogP contribution is 2.35. The third kappa shape index (κ3) is 5.44. The highest BCUT2D eigenvalue weighted by Gasteiger charge is 2.16. The molecule has 0 unspecified atom stereocenters. The molecule has 0 aliphatic rings. The Morgan fingerprint density at radius 2 is 1.03 bits per heavy atom. The van der Waals surface area contributed by atoms with Gasteiger partial charge in [0.25, 0.3) is 0 Å². The van der Waals surface area contributed by atoms with E-state index in [0.717, 1.165) is 0 Å². The summed E-state index contributed by atoms with van der Waals surface area (Å²) in [5.41, 5.74) is 8.12. The van der Waals surface area contributed by atoms with Gasteiger partial charge in [-0.05, 0) is 45.9 Å². The monoisotopic (exact) mass is 392 g/mol. The molecular formula is C27H40N2. The lowest BCUT2D eigenvalue weighted by Gasteiger charge is -2.26. The van der Waals surface area contributed by atoms with Gasteiger partial charge in [-0.2, -0.15) is 0 Å². The van der Waals surface area contributed by atoms with E-state index in [0.29, 0.717) is 23.7 Å². The fourth-order valence-electron chi connectivity index (χ4n) is 3.94. The Hall–Kier alpha value is -2.22. The van der Waals surface area contributed by atoms with Crippen molar-refractivity contribution in [3.05, 3.63) is 71.1 Å². The Morgan fingerprint density at radius 3 is 1.41 bits per heavy atom. The summed E-state index contributed by atoms with van der Waals surface area (Å²) in [6, 6.07) is 13.4. The fraction of sp³-hybridized carbons (Fsp3) is 0.481. The lowest BCUT2D eigenvalue weighted by molar-refractivity contribution is 0.826. The van der Waals surface area contributed by atoms with Crippen LogP contribution in [0.4, 0.5) is 11.4 Å². The number of nitrogens with one attached hydrogen (secondary N) is 1. The molecule has 29 heavy (non-hydrogen) atoms. The summed E-state index contributed by atoms with van der Waals surface area (Å²) in [4.78, 5) is 2.27.